The first-order chi connectivity index (χ1) is 8.63. The number of nitrogens with zero attached hydrogens (tertiary/aromatic N) is 1. The molecule has 0 bridgehead atoms. The average molecular weight is 253 g/mol. The third-order valence-corrected chi connectivity index (χ3v) is 4.00. The van der Waals surface area contributed by atoms with E-state index >= 15 is 0 Å². The van der Waals surface area contributed by atoms with Gasteiger partial charge in [-0.05, 0) is 44.4 Å². The number of primary amides is 1. The summed E-state index contributed by atoms with van der Waals surface area (Å²) >= 11 is 0. The van der Waals surface area contributed by atoms with Gasteiger partial charge < -0.3 is 5.73 Å². The molecule has 1 saturated carbocycles. The van der Waals surface area contributed by atoms with Crippen molar-refractivity contribution in [3.63, 3.8) is 0 Å². The number of nitrogens with one attached hydrogen (secondary N) is 1. The highest BCUT2D eigenvalue weighted by Gasteiger charge is 2.22. The van der Waals surface area contributed by atoms with Crippen LogP contribution in [-0.2, 0) is 0 Å². The molecule has 0 spiro atoms. The van der Waals surface area contributed by atoms with Gasteiger partial charge in [-0.3, -0.25) is 0 Å². The van der Waals surface area contributed by atoms with Crippen molar-refractivity contribution in [2.24, 2.45) is 22.7 Å². The molecule has 0 aromatic heterocycles. The van der Waals surface area contributed by atoms with Gasteiger partial charge in [-0.15, -0.1) is 0 Å². The third-order valence-electron chi connectivity index (χ3n) is 4.00. The van der Waals surface area contributed by atoms with Gasteiger partial charge in [-0.2, -0.15) is 5.10 Å². The Balaban J connectivity index is 2.25. The zero-order valence-corrected chi connectivity index (χ0v) is 11.7. The van der Waals surface area contributed by atoms with Crippen molar-refractivity contribution in [1.29, 1.82) is 0 Å². The summed E-state index contributed by atoms with van der Waals surface area (Å²) in [5.41, 5.74) is 8.34. The molecule has 4 heteroatoms. The van der Waals surface area contributed by atoms with Crippen molar-refractivity contribution < 1.29 is 4.79 Å². The lowest BCUT2D eigenvalue weighted by atomic mass is 9.78. The smallest absolute Gasteiger partial charge is 0.332 e. The van der Waals surface area contributed by atoms with E-state index < -0.39 is 6.03 Å². The molecule has 1 aliphatic rings. The second-order valence-electron chi connectivity index (χ2n) is 5.44. The molecule has 0 aromatic carbocycles. The summed E-state index contributed by atoms with van der Waals surface area (Å²) < 4.78 is 0. The van der Waals surface area contributed by atoms with Gasteiger partial charge in [0.1, 0.15) is 0 Å². The van der Waals surface area contributed by atoms with Gasteiger partial charge in [0.2, 0.25) is 0 Å². The van der Waals surface area contributed by atoms with Crippen molar-refractivity contribution >= 4 is 11.7 Å². The lowest BCUT2D eigenvalue weighted by molar-refractivity contribution is 0.249. The van der Waals surface area contributed by atoms with E-state index in [-0.39, 0.29) is 0 Å². The number of hydrazone groups is 1. The highest BCUT2D eigenvalue weighted by Crippen LogP contribution is 2.32. The van der Waals surface area contributed by atoms with Gasteiger partial charge in [-0.25, -0.2) is 10.2 Å². The molecule has 104 valence electrons. The van der Waals surface area contributed by atoms with Gasteiger partial charge in [-0.1, -0.05) is 32.6 Å². The Labute approximate surface area is 110 Å². The minimum Gasteiger partial charge on any atom is -0.350 e. The van der Waals surface area contributed by atoms with Gasteiger partial charge in [0.05, 0.1) is 0 Å². The second kappa shape index (κ2) is 8.11. The Morgan fingerprint density at radius 1 is 1.28 bits per heavy atom. The third kappa shape index (κ3) is 5.52. The number of amides is 2. The quantitative estimate of drug-likeness (QED) is 0.425. The molecule has 2 amide bonds. The van der Waals surface area contributed by atoms with Crippen LogP contribution in [0.4, 0.5) is 4.79 Å². The first kappa shape index (κ1) is 15.0. The van der Waals surface area contributed by atoms with Crippen LogP contribution in [0.1, 0.15) is 65.2 Å². The number of carbonyl (C=O) groups is 1. The minimum atomic E-state index is -0.581. The first-order valence-electron chi connectivity index (χ1n) is 7.23. The van der Waals surface area contributed by atoms with Crippen molar-refractivity contribution in [3.8, 4) is 0 Å². The molecule has 1 aliphatic carbocycles. The number of urea groups is 1. The minimum absolute atomic E-state index is 0.527. The van der Waals surface area contributed by atoms with Crippen molar-refractivity contribution in [3.05, 3.63) is 0 Å². The maximum Gasteiger partial charge on any atom is 0.332 e. The second-order valence-corrected chi connectivity index (χ2v) is 5.44. The zero-order chi connectivity index (χ0) is 13.4. The highest BCUT2D eigenvalue weighted by molar-refractivity contribution is 5.85. The summed E-state index contributed by atoms with van der Waals surface area (Å²) in [6.45, 7) is 4.24. The fourth-order valence-electron chi connectivity index (χ4n) is 2.79. The molecule has 0 unspecified atom stereocenters. The van der Waals surface area contributed by atoms with Crippen LogP contribution in [0.5, 0.6) is 0 Å². The summed E-state index contributed by atoms with van der Waals surface area (Å²) in [6.07, 6.45) is 10.4. The van der Waals surface area contributed by atoms with Gasteiger partial charge >= 0.3 is 6.03 Å². The standard InChI is InChI=1S/C14H27N3O/c1-3-4-5-6-12-7-9-13(10-8-12)11(2)16-17-14(15)18/h12-13H,3-10H2,1-2H3,(H3,15,17,18). The van der Waals surface area contributed by atoms with Gasteiger partial charge in [0.15, 0.2) is 0 Å². The Morgan fingerprint density at radius 2 is 1.94 bits per heavy atom. The van der Waals surface area contributed by atoms with E-state index in [1.165, 1.54) is 51.4 Å². The molecule has 1 rings (SSSR count). The Kier molecular flexibility index (Phi) is 6.76. The number of hydrogen-bond acceptors (Lipinski definition) is 2. The summed E-state index contributed by atoms with van der Waals surface area (Å²) in [4.78, 5) is 10.6. The first-order valence-corrected chi connectivity index (χ1v) is 7.23. The summed E-state index contributed by atoms with van der Waals surface area (Å²) in [5, 5.41) is 4.04. The molecule has 0 aromatic rings. The molecular weight excluding hydrogens is 226 g/mol. The predicted octanol–water partition coefficient (Wildman–Crippen LogP) is 3.42. The van der Waals surface area contributed by atoms with Crippen molar-refractivity contribution in [1.82, 2.24) is 5.43 Å². The van der Waals surface area contributed by atoms with E-state index in [1.54, 1.807) is 0 Å². The van der Waals surface area contributed by atoms with Crippen LogP contribution in [-0.4, -0.2) is 11.7 Å². The normalized spacial score (nSPS) is 24.9. The monoisotopic (exact) mass is 253 g/mol. The molecular formula is C14H27N3O. The SMILES string of the molecule is CCCCCC1CCC(C(C)=NNC(N)=O)CC1. The van der Waals surface area contributed by atoms with E-state index in [1.807, 2.05) is 6.92 Å². The van der Waals surface area contributed by atoms with Crippen molar-refractivity contribution in [2.75, 3.05) is 0 Å². The van der Waals surface area contributed by atoms with E-state index in [0.29, 0.717) is 5.92 Å². The van der Waals surface area contributed by atoms with Crippen LogP contribution in [0.25, 0.3) is 0 Å². The predicted molar refractivity (Wildman–Crippen MR) is 75.4 cm³/mol. The molecule has 4 nitrogen and oxygen atoms in total. The van der Waals surface area contributed by atoms with E-state index in [9.17, 15) is 4.79 Å². The van der Waals surface area contributed by atoms with Crippen LogP contribution in [0, 0.1) is 11.8 Å². The maximum atomic E-state index is 10.6. The van der Waals surface area contributed by atoms with E-state index in [0.717, 1.165) is 11.6 Å². The lowest BCUT2D eigenvalue weighted by Gasteiger charge is -2.28. The summed E-state index contributed by atoms with van der Waals surface area (Å²) in [7, 11) is 0. The number of hydrogen-bond donors (Lipinski definition) is 2. The van der Waals surface area contributed by atoms with Crippen LogP contribution < -0.4 is 11.2 Å². The number of nitrogens with two attached hydrogens (primary N) is 1. The molecule has 0 radical (unpaired) electrons. The Morgan fingerprint density at radius 3 is 2.50 bits per heavy atom. The Hall–Kier alpha value is -1.06. The Bertz CT molecular complexity index is 281. The summed E-state index contributed by atoms with van der Waals surface area (Å²) in [5.74, 6) is 1.43. The van der Waals surface area contributed by atoms with Crippen LogP contribution in [0.15, 0.2) is 5.10 Å². The fourth-order valence-corrected chi connectivity index (χ4v) is 2.79. The molecule has 0 heterocycles. The van der Waals surface area contributed by atoms with Crippen molar-refractivity contribution in [2.45, 2.75) is 65.2 Å². The van der Waals surface area contributed by atoms with E-state index in [4.69, 9.17) is 5.73 Å². The van der Waals surface area contributed by atoms with Crippen LogP contribution in [0.3, 0.4) is 0 Å². The zero-order valence-electron chi connectivity index (χ0n) is 11.7. The maximum absolute atomic E-state index is 10.6. The topological polar surface area (TPSA) is 67.5 Å². The van der Waals surface area contributed by atoms with Gasteiger partial charge in [0.25, 0.3) is 0 Å². The van der Waals surface area contributed by atoms with Crippen LogP contribution >= 0.6 is 0 Å². The lowest BCUT2D eigenvalue weighted by Crippen LogP contribution is -2.28. The number of rotatable bonds is 6. The number of carbonyl (C=O) groups excluding carboxylic acids is 1. The fraction of sp³-hybridized carbons (Fsp3) is 0.857. The summed E-state index contributed by atoms with van der Waals surface area (Å²) in [6, 6.07) is -0.581. The average Bonchev–Trinajstić information content (AvgIpc) is 2.37. The van der Waals surface area contributed by atoms with E-state index in [2.05, 4.69) is 17.5 Å². The molecule has 0 aliphatic heterocycles. The van der Waals surface area contributed by atoms with Gasteiger partial charge in [0, 0.05) is 5.71 Å². The molecule has 3 N–H and O–H groups in total. The molecule has 0 saturated heterocycles. The highest BCUT2D eigenvalue weighted by atomic mass is 16.2. The van der Waals surface area contributed by atoms with Crippen LogP contribution in [0.2, 0.25) is 0 Å². The molecule has 0 atom stereocenters. The molecule has 18 heavy (non-hydrogen) atoms. The number of unbranched alkanes of at least 4 members (excludes halogenated alkanes) is 2. The molecule has 1 fully saturated rings. The largest absolute Gasteiger partial charge is 0.350 e.